The van der Waals surface area contributed by atoms with Crippen molar-refractivity contribution >= 4 is 35.8 Å². The van der Waals surface area contributed by atoms with E-state index in [4.69, 9.17) is 16.4 Å². The number of anilines is 1. The molecule has 2 aliphatic rings. The van der Waals surface area contributed by atoms with Crippen molar-refractivity contribution in [2.24, 2.45) is 15.8 Å². The van der Waals surface area contributed by atoms with E-state index in [1.165, 1.54) is 24.2 Å². The van der Waals surface area contributed by atoms with Gasteiger partial charge in [0.2, 0.25) is 11.8 Å². The number of piperazine rings is 1. The molecular weight excluding hydrogens is 500 g/mol. The standard InChI is InChI=1S/C23H23F2N11O2/c1-29-21(33-19(27)20(28)37)18-16(25)12-30-22(32-18)34-4-6-35(7-5-34)23(38)36-17(2-3-31-36)14-8-13(11-26)9-15(24)10-14/h3,8-10,12,17H,2,4-7H2,1H3,(H2,28,37)(H2,27,29,33)/t17-/m0/s1. The van der Waals surface area contributed by atoms with Crippen LogP contribution in [0.15, 0.2) is 34.5 Å². The SMILES string of the molecule is CN/C(=N\C(=N)C(N)=O)c1nc(N2CCN(C(=O)N3N=CC[C@H]3c3cc(F)cc(C#N)c3)CC2)ncc1F. The molecule has 0 aliphatic carbocycles. The van der Waals surface area contributed by atoms with E-state index >= 15 is 0 Å². The monoisotopic (exact) mass is 523 g/mol. The van der Waals surface area contributed by atoms with Crippen molar-refractivity contribution < 1.29 is 18.4 Å². The highest BCUT2D eigenvalue weighted by Crippen LogP contribution is 2.30. The Balaban J connectivity index is 1.46. The topological polar surface area (TPSA) is 180 Å². The molecule has 3 amide bonds. The molecule has 1 atom stereocenters. The van der Waals surface area contributed by atoms with Crippen LogP contribution in [0.25, 0.3) is 0 Å². The van der Waals surface area contributed by atoms with E-state index in [-0.39, 0.29) is 42.2 Å². The maximum absolute atomic E-state index is 14.5. The highest BCUT2D eigenvalue weighted by Gasteiger charge is 2.34. The summed E-state index contributed by atoms with van der Waals surface area (Å²) < 4.78 is 28.4. The Morgan fingerprint density at radius 1 is 1.24 bits per heavy atom. The largest absolute Gasteiger partial charge is 0.371 e. The lowest BCUT2D eigenvalue weighted by Crippen LogP contribution is -2.52. The summed E-state index contributed by atoms with van der Waals surface area (Å²) in [5.74, 6) is -3.24. The lowest BCUT2D eigenvalue weighted by Gasteiger charge is -2.37. The summed E-state index contributed by atoms with van der Waals surface area (Å²) in [6.07, 6.45) is 2.91. The van der Waals surface area contributed by atoms with E-state index in [0.29, 0.717) is 25.1 Å². The molecule has 0 spiro atoms. The second-order valence-electron chi connectivity index (χ2n) is 8.33. The maximum Gasteiger partial charge on any atom is 0.341 e. The molecule has 3 heterocycles. The second kappa shape index (κ2) is 10.9. The van der Waals surface area contributed by atoms with E-state index in [9.17, 15) is 18.4 Å². The second-order valence-corrected chi connectivity index (χ2v) is 8.33. The summed E-state index contributed by atoms with van der Waals surface area (Å²) >= 11 is 0. The van der Waals surface area contributed by atoms with Crippen LogP contribution in [0.2, 0.25) is 0 Å². The van der Waals surface area contributed by atoms with Gasteiger partial charge >= 0.3 is 6.03 Å². The Morgan fingerprint density at radius 2 is 1.97 bits per heavy atom. The van der Waals surface area contributed by atoms with Crippen LogP contribution in [0.1, 0.15) is 29.3 Å². The van der Waals surface area contributed by atoms with Gasteiger partial charge in [0.1, 0.15) is 11.5 Å². The number of amidine groups is 2. The molecule has 4 N–H and O–H groups in total. The van der Waals surface area contributed by atoms with Crippen LogP contribution in [0.3, 0.4) is 0 Å². The predicted molar refractivity (Wildman–Crippen MR) is 132 cm³/mol. The molecule has 2 aliphatic heterocycles. The van der Waals surface area contributed by atoms with Gasteiger partial charge in [0.15, 0.2) is 11.7 Å². The summed E-state index contributed by atoms with van der Waals surface area (Å²) in [5.41, 5.74) is 5.43. The third kappa shape index (κ3) is 5.38. The van der Waals surface area contributed by atoms with E-state index in [2.05, 4.69) is 25.4 Å². The molecule has 0 unspecified atom stereocenters. The van der Waals surface area contributed by atoms with Gasteiger partial charge in [-0.3, -0.25) is 10.2 Å². The molecule has 15 heteroatoms. The number of halogens is 2. The fourth-order valence-electron chi connectivity index (χ4n) is 4.06. The first kappa shape index (κ1) is 26.1. The highest BCUT2D eigenvalue weighted by atomic mass is 19.1. The van der Waals surface area contributed by atoms with Crippen molar-refractivity contribution in [3.05, 3.63) is 52.9 Å². The number of amides is 3. The average Bonchev–Trinajstić information content (AvgIpc) is 3.41. The molecule has 13 nitrogen and oxygen atoms in total. The first-order chi connectivity index (χ1) is 18.2. The smallest absolute Gasteiger partial charge is 0.341 e. The van der Waals surface area contributed by atoms with Crippen LogP contribution in [0.4, 0.5) is 19.5 Å². The molecule has 1 aromatic heterocycles. The van der Waals surface area contributed by atoms with Crippen LogP contribution in [0, 0.1) is 28.4 Å². The molecule has 1 aromatic carbocycles. The molecule has 1 saturated heterocycles. The number of nitrogens with zero attached hydrogens (tertiary/aromatic N) is 8. The molecule has 0 bridgehead atoms. The van der Waals surface area contributed by atoms with Gasteiger partial charge in [0.05, 0.1) is 23.9 Å². The van der Waals surface area contributed by atoms with Gasteiger partial charge in [0, 0.05) is 45.9 Å². The third-order valence-corrected chi connectivity index (χ3v) is 5.94. The number of benzene rings is 1. The molecule has 0 saturated carbocycles. The van der Waals surface area contributed by atoms with Crippen molar-refractivity contribution in [3.8, 4) is 6.07 Å². The zero-order valence-corrected chi connectivity index (χ0v) is 20.2. The van der Waals surface area contributed by atoms with Crippen molar-refractivity contribution in [3.63, 3.8) is 0 Å². The number of carbonyl (C=O) groups is 2. The third-order valence-electron chi connectivity index (χ3n) is 5.94. The summed E-state index contributed by atoms with van der Waals surface area (Å²) in [6.45, 7) is 1.19. The number of hydrogen-bond donors (Lipinski definition) is 3. The number of nitrogens with one attached hydrogen (secondary N) is 2. The van der Waals surface area contributed by atoms with Crippen LogP contribution < -0.4 is 16.0 Å². The van der Waals surface area contributed by atoms with Crippen LogP contribution >= 0.6 is 0 Å². The fourth-order valence-corrected chi connectivity index (χ4v) is 4.06. The Kier molecular flexibility index (Phi) is 7.51. The van der Waals surface area contributed by atoms with E-state index in [0.717, 1.165) is 12.3 Å². The number of hydrazone groups is 1. The number of nitrogens with two attached hydrogens (primary N) is 1. The molecular formula is C23H23F2N11O2. The van der Waals surface area contributed by atoms with Crippen LogP contribution in [-0.4, -0.2) is 82.9 Å². The van der Waals surface area contributed by atoms with Crippen molar-refractivity contribution in [1.82, 2.24) is 25.2 Å². The first-order valence-electron chi connectivity index (χ1n) is 11.5. The average molecular weight is 524 g/mol. The number of primary amides is 1. The molecule has 196 valence electrons. The predicted octanol–water partition coefficient (Wildman–Crippen LogP) is 0.730. The van der Waals surface area contributed by atoms with Crippen molar-refractivity contribution in [2.45, 2.75) is 12.5 Å². The normalized spacial score (nSPS) is 17.4. The number of nitriles is 1. The van der Waals surface area contributed by atoms with E-state index < -0.39 is 29.4 Å². The van der Waals surface area contributed by atoms with Gasteiger partial charge in [-0.2, -0.15) is 10.4 Å². The molecule has 1 fully saturated rings. The van der Waals surface area contributed by atoms with Crippen molar-refractivity contribution in [1.29, 1.82) is 10.7 Å². The fraction of sp³-hybridized carbons (Fsp3) is 0.304. The summed E-state index contributed by atoms with van der Waals surface area (Å²) in [6, 6.07) is 4.96. The zero-order valence-electron chi connectivity index (χ0n) is 20.2. The number of aromatic nitrogens is 2. The minimum atomic E-state index is -1.08. The molecule has 38 heavy (non-hydrogen) atoms. The summed E-state index contributed by atoms with van der Waals surface area (Å²) in [4.78, 5) is 39.7. The molecule has 2 aromatic rings. The number of urea groups is 1. The summed E-state index contributed by atoms with van der Waals surface area (Å²) in [5, 5.41) is 24.7. The minimum absolute atomic E-state index is 0.157. The number of aliphatic imine (C=N–C) groups is 1. The van der Waals surface area contributed by atoms with Gasteiger partial charge in [0.25, 0.3) is 5.91 Å². The van der Waals surface area contributed by atoms with Gasteiger partial charge in [-0.1, -0.05) is 0 Å². The zero-order chi connectivity index (χ0) is 27.4. The minimum Gasteiger partial charge on any atom is -0.371 e. The molecule has 0 radical (unpaired) electrons. The Bertz CT molecular complexity index is 1380. The first-order valence-corrected chi connectivity index (χ1v) is 11.5. The van der Waals surface area contributed by atoms with Gasteiger partial charge in [-0.05, 0) is 23.8 Å². The highest BCUT2D eigenvalue weighted by molar-refractivity contribution is 6.38. The lowest BCUT2D eigenvalue weighted by atomic mass is 10.0. The lowest BCUT2D eigenvalue weighted by molar-refractivity contribution is -0.112. The number of hydrogen-bond acceptors (Lipinski definition) is 8. The van der Waals surface area contributed by atoms with Crippen LogP contribution in [0.5, 0.6) is 0 Å². The van der Waals surface area contributed by atoms with Crippen molar-refractivity contribution in [2.75, 3.05) is 38.1 Å². The quantitative estimate of drug-likeness (QED) is 0.392. The van der Waals surface area contributed by atoms with E-state index in [1.807, 2.05) is 6.07 Å². The van der Waals surface area contributed by atoms with Gasteiger partial charge < -0.3 is 20.9 Å². The Labute approximate surface area is 215 Å². The Hall–Kier alpha value is -5.00. The van der Waals surface area contributed by atoms with Gasteiger partial charge in [-0.15, -0.1) is 0 Å². The summed E-state index contributed by atoms with van der Waals surface area (Å²) in [7, 11) is 1.43. The van der Waals surface area contributed by atoms with E-state index in [1.54, 1.807) is 16.0 Å². The maximum atomic E-state index is 14.5. The molecule has 4 rings (SSSR count). The van der Waals surface area contributed by atoms with Gasteiger partial charge in [-0.25, -0.2) is 33.5 Å². The Morgan fingerprint density at radius 3 is 2.63 bits per heavy atom. The van der Waals surface area contributed by atoms with Crippen LogP contribution in [-0.2, 0) is 4.79 Å². The number of carbonyl (C=O) groups excluding carboxylic acids is 2. The number of rotatable bonds is 3.